The Bertz CT molecular complexity index is 1070. The Morgan fingerprint density at radius 3 is 2.16 bits per heavy atom. The van der Waals surface area contributed by atoms with E-state index < -0.39 is 10.0 Å². The van der Waals surface area contributed by atoms with Gasteiger partial charge in [-0.15, -0.1) is 11.3 Å². The molecule has 8 heteroatoms. The summed E-state index contributed by atoms with van der Waals surface area (Å²) in [5, 5.41) is 0. The van der Waals surface area contributed by atoms with Gasteiger partial charge in [0.15, 0.2) is 0 Å². The van der Waals surface area contributed by atoms with Crippen molar-refractivity contribution >= 4 is 33.0 Å². The molecule has 2 heterocycles. The molecule has 1 saturated heterocycles. The number of nitrogens with zero attached hydrogens (tertiary/aromatic N) is 2. The molecule has 1 aromatic heterocycles. The summed E-state index contributed by atoms with van der Waals surface area (Å²) in [6, 6.07) is 22.7. The summed E-state index contributed by atoms with van der Waals surface area (Å²) in [4.78, 5) is 6.37. The van der Waals surface area contributed by atoms with Gasteiger partial charge in [0.2, 0.25) is 10.0 Å². The predicted molar refractivity (Wildman–Crippen MR) is 127 cm³/mol. The largest absolute Gasteiger partial charge is 0.296 e. The highest BCUT2D eigenvalue weighted by atomic mass is 35.5. The first-order valence-electron chi connectivity index (χ1n) is 10.3. The molecule has 0 saturated carbocycles. The lowest BCUT2D eigenvalue weighted by Gasteiger charge is -2.39. The Morgan fingerprint density at radius 1 is 0.903 bits per heavy atom. The van der Waals surface area contributed by atoms with Gasteiger partial charge >= 0.3 is 0 Å². The molecule has 0 spiro atoms. The van der Waals surface area contributed by atoms with Gasteiger partial charge in [0.1, 0.15) is 0 Å². The minimum atomic E-state index is -3.55. The molecule has 1 atom stereocenters. The molecule has 3 aromatic rings. The number of piperazine rings is 1. The standard InChI is InChI=1S/C23H26ClN3O2S2/c24-23-12-11-20(30-23)18-26-13-15-27(16-14-26)22(19-7-3-1-4-8-19)17-25-31(28,29)21-9-5-2-6-10-21/h1-12,22,25H,13-18H2/t22-/m1/s1. The van der Waals surface area contributed by atoms with E-state index in [0.717, 1.165) is 42.6 Å². The van der Waals surface area contributed by atoms with Crippen molar-refractivity contribution < 1.29 is 8.42 Å². The van der Waals surface area contributed by atoms with Crippen LogP contribution in [0.1, 0.15) is 16.5 Å². The fraction of sp³-hybridized carbons (Fsp3) is 0.304. The highest BCUT2D eigenvalue weighted by Gasteiger charge is 2.27. The Hall–Kier alpha value is -1.74. The first-order chi connectivity index (χ1) is 15.0. The number of hydrogen-bond donors (Lipinski definition) is 1. The average Bonchev–Trinajstić information content (AvgIpc) is 3.21. The lowest BCUT2D eigenvalue weighted by molar-refractivity contribution is 0.0934. The molecule has 1 fully saturated rings. The second-order valence-corrected chi connectivity index (χ2v) is 11.2. The van der Waals surface area contributed by atoms with Crippen LogP contribution in [0.3, 0.4) is 0 Å². The van der Waals surface area contributed by atoms with Crippen LogP contribution in [0, 0.1) is 0 Å². The lowest BCUT2D eigenvalue weighted by Crippen LogP contribution is -2.49. The van der Waals surface area contributed by atoms with E-state index in [1.807, 2.05) is 30.3 Å². The van der Waals surface area contributed by atoms with Crippen LogP contribution in [0.25, 0.3) is 0 Å². The highest BCUT2D eigenvalue weighted by Crippen LogP contribution is 2.25. The molecule has 5 nitrogen and oxygen atoms in total. The van der Waals surface area contributed by atoms with E-state index in [0.29, 0.717) is 11.4 Å². The number of sulfonamides is 1. The molecule has 0 radical (unpaired) electrons. The monoisotopic (exact) mass is 475 g/mol. The number of halogens is 1. The van der Waals surface area contributed by atoms with Crippen LogP contribution in [0.4, 0.5) is 0 Å². The molecular formula is C23H26ClN3O2S2. The van der Waals surface area contributed by atoms with Crippen molar-refractivity contribution in [3.8, 4) is 0 Å². The SMILES string of the molecule is O=S(=O)(NC[C@H](c1ccccc1)N1CCN(Cc2ccc(Cl)s2)CC1)c1ccccc1. The zero-order chi connectivity index (χ0) is 21.7. The van der Waals surface area contributed by atoms with Gasteiger partial charge in [-0.25, -0.2) is 13.1 Å². The van der Waals surface area contributed by atoms with Crippen molar-refractivity contribution in [2.75, 3.05) is 32.7 Å². The fourth-order valence-corrected chi connectivity index (χ4v) is 6.08. The molecule has 1 aliphatic rings. The summed E-state index contributed by atoms with van der Waals surface area (Å²) >= 11 is 7.69. The van der Waals surface area contributed by atoms with Crippen molar-refractivity contribution in [1.82, 2.24) is 14.5 Å². The average molecular weight is 476 g/mol. The van der Waals surface area contributed by atoms with Crippen molar-refractivity contribution in [2.45, 2.75) is 17.5 Å². The number of thiophene rings is 1. The maximum Gasteiger partial charge on any atom is 0.240 e. The molecule has 31 heavy (non-hydrogen) atoms. The van der Waals surface area contributed by atoms with Gasteiger partial charge in [-0.2, -0.15) is 0 Å². The second-order valence-electron chi connectivity index (χ2n) is 7.61. The van der Waals surface area contributed by atoms with E-state index in [-0.39, 0.29) is 6.04 Å². The zero-order valence-electron chi connectivity index (χ0n) is 17.2. The second kappa shape index (κ2) is 10.3. The van der Waals surface area contributed by atoms with Crippen molar-refractivity contribution in [3.63, 3.8) is 0 Å². The molecule has 0 amide bonds. The highest BCUT2D eigenvalue weighted by molar-refractivity contribution is 7.89. The first-order valence-corrected chi connectivity index (χ1v) is 13.0. The van der Waals surface area contributed by atoms with E-state index in [1.165, 1.54) is 4.88 Å². The van der Waals surface area contributed by atoms with Gasteiger partial charge in [-0.05, 0) is 29.8 Å². The number of nitrogens with one attached hydrogen (secondary N) is 1. The Balaban J connectivity index is 1.43. The molecule has 2 aromatic carbocycles. The summed E-state index contributed by atoms with van der Waals surface area (Å²) < 4.78 is 29.2. The number of hydrogen-bond acceptors (Lipinski definition) is 5. The molecule has 0 bridgehead atoms. The fourth-order valence-electron chi connectivity index (χ4n) is 3.89. The maximum absolute atomic E-state index is 12.8. The normalized spacial score (nSPS) is 16.9. The minimum absolute atomic E-state index is 0.0157. The number of benzene rings is 2. The van der Waals surface area contributed by atoms with Crippen LogP contribution in [-0.2, 0) is 16.6 Å². The predicted octanol–water partition coefficient (Wildman–Crippen LogP) is 4.24. The zero-order valence-corrected chi connectivity index (χ0v) is 19.5. The number of rotatable bonds is 8. The smallest absolute Gasteiger partial charge is 0.240 e. The van der Waals surface area contributed by atoms with Crippen LogP contribution >= 0.6 is 22.9 Å². The topological polar surface area (TPSA) is 52.7 Å². The van der Waals surface area contributed by atoms with Gasteiger partial charge < -0.3 is 0 Å². The van der Waals surface area contributed by atoms with Crippen LogP contribution < -0.4 is 4.72 Å². The molecule has 0 aliphatic carbocycles. The maximum atomic E-state index is 12.8. The van der Waals surface area contributed by atoms with Gasteiger partial charge in [0.25, 0.3) is 0 Å². The summed E-state index contributed by atoms with van der Waals surface area (Å²) in [5.74, 6) is 0. The lowest BCUT2D eigenvalue weighted by atomic mass is 10.0. The van der Waals surface area contributed by atoms with Crippen LogP contribution in [0.15, 0.2) is 77.7 Å². The van der Waals surface area contributed by atoms with Gasteiger partial charge in [0.05, 0.1) is 9.23 Å². The van der Waals surface area contributed by atoms with E-state index >= 15 is 0 Å². The summed E-state index contributed by atoms with van der Waals surface area (Å²) in [6.07, 6.45) is 0. The van der Waals surface area contributed by atoms with Crippen LogP contribution in [0.2, 0.25) is 4.34 Å². The van der Waals surface area contributed by atoms with E-state index in [9.17, 15) is 8.42 Å². The quantitative estimate of drug-likeness (QED) is 0.529. The van der Waals surface area contributed by atoms with Gasteiger partial charge in [-0.3, -0.25) is 9.80 Å². The van der Waals surface area contributed by atoms with Crippen molar-refractivity contribution in [3.05, 3.63) is 87.6 Å². The third-order valence-electron chi connectivity index (χ3n) is 5.56. The molecule has 1 N–H and O–H groups in total. The summed E-state index contributed by atoms with van der Waals surface area (Å²) in [7, 11) is -3.55. The van der Waals surface area contributed by atoms with Crippen molar-refractivity contribution in [2.24, 2.45) is 0 Å². The molecule has 164 valence electrons. The first kappa shape index (κ1) is 22.5. The molecular weight excluding hydrogens is 450 g/mol. The summed E-state index contributed by atoms with van der Waals surface area (Å²) in [6.45, 7) is 4.87. The molecule has 0 unspecified atom stereocenters. The van der Waals surface area contributed by atoms with E-state index in [2.05, 4.69) is 32.7 Å². The third kappa shape index (κ3) is 5.94. The van der Waals surface area contributed by atoms with Gasteiger partial charge in [-0.1, -0.05) is 60.1 Å². The molecule has 4 rings (SSSR count). The van der Waals surface area contributed by atoms with E-state index in [4.69, 9.17) is 11.6 Å². The summed E-state index contributed by atoms with van der Waals surface area (Å²) in [5.41, 5.74) is 1.12. The minimum Gasteiger partial charge on any atom is -0.296 e. The third-order valence-corrected chi connectivity index (χ3v) is 8.22. The Labute approximate surface area is 193 Å². The Kier molecular flexibility index (Phi) is 7.43. The van der Waals surface area contributed by atoms with Crippen LogP contribution in [-0.4, -0.2) is 50.9 Å². The van der Waals surface area contributed by atoms with Gasteiger partial charge in [0, 0.05) is 50.2 Å². The Morgan fingerprint density at radius 2 is 1.55 bits per heavy atom. The van der Waals surface area contributed by atoms with Crippen LogP contribution in [0.5, 0.6) is 0 Å². The molecule has 1 aliphatic heterocycles. The van der Waals surface area contributed by atoms with Crippen molar-refractivity contribution in [1.29, 1.82) is 0 Å². The van der Waals surface area contributed by atoms with E-state index in [1.54, 1.807) is 35.6 Å².